The Labute approximate surface area is 184 Å². The lowest BCUT2D eigenvalue weighted by atomic mass is 10.1. The molecule has 2 rings (SSSR count). The van der Waals surface area contributed by atoms with Crippen LogP contribution in [0.25, 0.3) is 0 Å². The highest BCUT2D eigenvalue weighted by atomic mass is 35.5. The fraction of sp³-hybridized carbons (Fsp3) is 0.222. The molecule has 0 saturated heterocycles. The number of hydrogen-bond acceptors (Lipinski definition) is 7. The van der Waals surface area contributed by atoms with Crippen LogP contribution in [0.1, 0.15) is 15.9 Å². The van der Waals surface area contributed by atoms with E-state index in [0.717, 1.165) is 30.3 Å². The highest BCUT2D eigenvalue weighted by Gasteiger charge is 2.31. The zero-order valence-corrected chi connectivity index (χ0v) is 17.9. The first-order valence-electron chi connectivity index (χ1n) is 8.37. The monoisotopic (exact) mass is 494 g/mol. The van der Waals surface area contributed by atoms with Gasteiger partial charge in [0, 0.05) is 34.4 Å². The highest BCUT2D eigenvalue weighted by molar-refractivity contribution is 7.92. The molecule has 0 heterocycles. The molecule has 14 heteroatoms. The minimum absolute atomic E-state index is 0.176. The van der Waals surface area contributed by atoms with Gasteiger partial charge in [0.25, 0.3) is 11.6 Å². The number of nitro benzene ring substituents is 1. The molecule has 0 saturated carbocycles. The lowest BCUT2D eigenvalue weighted by Gasteiger charge is -2.12. The summed E-state index contributed by atoms with van der Waals surface area (Å²) in [4.78, 5) is 34.2. The summed E-state index contributed by atoms with van der Waals surface area (Å²) in [5.41, 5.74) is -2.29. The van der Waals surface area contributed by atoms with E-state index in [1.165, 1.54) is 12.5 Å². The Morgan fingerprint density at radius 1 is 1.19 bits per heavy atom. The first-order chi connectivity index (χ1) is 14.7. The van der Waals surface area contributed by atoms with E-state index in [-0.39, 0.29) is 11.5 Å². The van der Waals surface area contributed by atoms with Gasteiger partial charge in [0.05, 0.1) is 15.5 Å². The van der Waals surface area contributed by atoms with Crippen molar-refractivity contribution in [2.24, 2.45) is 4.36 Å². The number of rotatable bonds is 6. The molecular formula is C18H14ClF3N2O7S. The summed E-state index contributed by atoms with van der Waals surface area (Å²) in [6.45, 7) is -0.912. The molecule has 32 heavy (non-hydrogen) atoms. The maximum atomic E-state index is 12.7. The third-order valence-corrected chi connectivity index (χ3v) is 4.46. The standard InChI is InChI=1S/C18H14ClF3N2O7S/c1-32(2,29)23-16(25)9-30-17(26)12-8-11(4-5-14(12)24(27)28)31-15-6-3-10(7-13(15)19)18(20,21)22/h3-8H,9H2,1-2H3. The van der Waals surface area contributed by atoms with Crippen molar-refractivity contribution < 1.29 is 41.4 Å². The van der Waals surface area contributed by atoms with Crippen LogP contribution in [0, 0.1) is 10.1 Å². The Balaban J connectivity index is 2.30. The van der Waals surface area contributed by atoms with Crippen LogP contribution >= 0.6 is 11.6 Å². The number of esters is 1. The van der Waals surface area contributed by atoms with E-state index in [0.29, 0.717) is 6.07 Å². The van der Waals surface area contributed by atoms with Crippen molar-refractivity contribution in [3.8, 4) is 11.5 Å². The molecule has 172 valence electrons. The summed E-state index contributed by atoms with van der Waals surface area (Å²) in [7, 11) is -2.79. The van der Waals surface area contributed by atoms with Gasteiger partial charge in [-0.25, -0.2) is 9.00 Å². The molecule has 1 amide bonds. The maximum Gasteiger partial charge on any atom is 0.416 e. The summed E-state index contributed by atoms with van der Waals surface area (Å²) in [5.74, 6) is -2.67. The van der Waals surface area contributed by atoms with Gasteiger partial charge >= 0.3 is 12.1 Å². The lowest BCUT2D eigenvalue weighted by molar-refractivity contribution is -0.385. The fourth-order valence-corrected chi connectivity index (χ4v) is 3.03. The van der Waals surface area contributed by atoms with Gasteiger partial charge in [-0.2, -0.15) is 17.5 Å². The summed E-state index contributed by atoms with van der Waals surface area (Å²) in [6.07, 6.45) is -2.26. The van der Waals surface area contributed by atoms with Crippen LogP contribution in [0.4, 0.5) is 18.9 Å². The van der Waals surface area contributed by atoms with Gasteiger partial charge in [0.1, 0.15) is 17.1 Å². The number of alkyl halides is 3. The smallest absolute Gasteiger partial charge is 0.416 e. The van der Waals surface area contributed by atoms with Gasteiger partial charge in [-0.1, -0.05) is 11.6 Å². The van der Waals surface area contributed by atoms with E-state index in [4.69, 9.17) is 16.3 Å². The first kappa shape index (κ1) is 25.1. The van der Waals surface area contributed by atoms with E-state index >= 15 is 0 Å². The third-order valence-electron chi connectivity index (χ3n) is 3.52. The summed E-state index contributed by atoms with van der Waals surface area (Å²) < 4.78 is 63.0. The van der Waals surface area contributed by atoms with E-state index < -0.39 is 61.1 Å². The van der Waals surface area contributed by atoms with Crippen molar-refractivity contribution in [2.75, 3.05) is 19.1 Å². The highest BCUT2D eigenvalue weighted by Crippen LogP contribution is 2.37. The minimum atomic E-state index is -4.63. The topological polar surface area (TPSA) is 125 Å². The SMILES string of the molecule is CS(C)(=O)=NC(=O)COC(=O)c1cc(Oc2ccc(C(F)(F)F)cc2Cl)ccc1[N+](=O)[O-]. The zero-order valence-electron chi connectivity index (χ0n) is 16.3. The number of carbonyl (C=O) groups is 2. The zero-order chi connectivity index (χ0) is 24.3. The van der Waals surface area contributed by atoms with Gasteiger partial charge in [0.15, 0.2) is 6.61 Å². The number of amides is 1. The molecule has 2 aromatic rings. The predicted octanol–water partition coefficient (Wildman–Crippen LogP) is 4.47. The second-order valence-corrected chi connectivity index (χ2v) is 9.38. The molecule has 0 aromatic heterocycles. The Bertz CT molecular complexity index is 1200. The maximum absolute atomic E-state index is 12.7. The largest absolute Gasteiger partial charge is 0.456 e. The molecule has 0 aliphatic rings. The number of halogens is 4. The second kappa shape index (κ2) is 9.53. The van der Waals surface area contributed by atoms with Gasteiger partial charge in [0.2, 0.25) is 0 Å². The van der Waals surface area contributed by atoms with Crippen molar-refractivity contribution in [1.82, 2.24) is 0 Å². The van der Waals surface area contributed by atoms with Crippen LogP contribution in [0.3, 0.4) is 0 Å². The molecule has 0 aliphatic carbocycles. The molecule has 0 aliphatic heterocycles. The van der Waals surface area contributed by atoms with E-state index in [9.17, 15) is 37.1 Å². The van der Waals surface area contributed by atoms with Crippen LogP contribution < -0.4 is 4.74 Å². The minimum Gasteiger partial charge on any atom is -0.456 e. The molecule has 0 radical (unpaired) electrons. The van der Waals surface area contributed by atoms with E-state index in [1.54, 1.807) is 0 Å². The number of nitro groups is 1. The number of hydrogen-bond donors (Lipinski definition) is 0. The molecule has 0 N–H and O–H groups in total. The quantitative estimate of drug-likeness (QED) is 0.329. The predicted molar refractivity (Wildman–Crippen MR) is 107 cm³/mol. The number of nitrogens with zero attached hydrogens (tertiary/aromatic N) is 2. The van der Waals surface area contributed by atoms with Crippen LogP contribution in [-0.4, -0.2) is 40.1 Å². The Kier molecular flexibility index (Phi) is 7.46. The summed E-state index contributed by atoms with van der Waals surface area (Å²) in [5, 5.41) is 10.8. The average molecular weight is 495 g/mol. The van der Waals surface area contributed by atoms with Gasteiger partial charge in [-0.3, -0.25) is 14.9 Å². The van der Waals surface area contributed by atoms with Gasteiger partial charge < -0.3 is 9.47 Å². The number of benzene rings is 2. The average Bonchev–Trinajstić information content (AvgIpc) is 2.65. The third kappa shape index (κ3) is 6.92. The molecule has 9 nitrogen and oxygen atoms in total. The van der Waals surface area contributed by atoms with Crippen molar-refractivity contribution in [2.45, 2.75) is 6.18 Å². The Morgan fingerprint density at radius 3 is 2.38 bits per heavy atom. The second-order valence-electron chi connectivity index (χ2n) is 6.42. The van der Waals surface area contributed by atoms with Crippen molar-refractivity contribution in [3.05, 3.63) is 62.7 Å². The molecule has 0 bridgehead atoms. The molecule has 0 spiro atoms. The van der Waals surface area contributed by atoms with E-state index in [1.807, 2.05) is 0 Å². The summed E-state index contributed by atoms with van der Waals surface area (Å²) >= 11 is 5.81. The molecular weight excluding hydrogens is 481 g/mol. The molecule has 0 fully saturated rings. The normalized spacial score (nSPS) is 11.6. The van der Waals surface area contributed by atoms with Gasteiger partial charge in [-0.15, -0.1) is 0 Å². The molecule has 0 unspecified atom stereocenters. The van der Waals surface area contributed by atoms with Crippen molar-refractivity contribution >= 4 is 38.9 Å². The van der Waals surface area contributed by atoms with Crippen LogP contribution in [-0.2, 0) is 25.4 Å². The molecule has 2 aromatic carbocycles. The Morgan fingerprint density at radius 2 is 1.84 bits per heavy atom. The van der Waals surface area contributed by atoms with Crippen molar-refractivity contribution in [3.63, 3.8) is 0 Å². The fourth-order valence-electron chi connectivity index (χ4n) is 2.26. The van der Waals surface area contributed by atoms with Crippen LogP contribution in [0.5, 0.6) is 11.5 Å². The van der Waals surface area contributed by atoms with Crippen LogP contribution in [0.15, 0.2) is 40.8 Å². The van der Waals surface area contributed by atoms with Gasteiger partial charge in [-0.05, 0) is 24.3 Å². The molecule has 0 atom stereocenters. The summed E-state index contributed by atoms with van der Waals surface area (Å²) in [6, 6.07) is 5.19. The first-order valence-corrected chi connectivity index (χ1v) is 11.1. The van der Waals surface area contributed by atoms with Crippen LogP contribution in [0.2, 0.25) is 5.02 Å². The lowest BCUT2D eigenvalue weighted by Crippen LogP contribution is -2.15. The van der Waals surface area contributed by atoms with Crippen molar-refractivity contribution in [1.29, 1.82) is 0 Å². The number of carbonyl (C=O) groups excluding carboxylic acids is 2. The van der Waals surface area contributed by atoms with E-state index in [2.05, 4.69) is 9.10 Å². The Hall–Kier alpha value is -3.19. The number of ether oxygens (including phenoxy) is 2.